The van der Waals surface area contributed by atoms with E-state index in [1.807, 2.05) is 20.8 Å². The third-order valence-electron chi connectivity index (χ3n) is 6.28. The van der Waals surface area contributed by atoms with Crippen LogP contribution in [0.25, 0.3) is 0 Å². The Labute approximate surface area is 191 Å². The summed E-state index contributed by atoms with van der Waals surface area (Å²) in [5.41, 5.74) is 0.444. The molecule has 0 radical (unpaired) electrons. The number of carbonyl (C=O) groups excluding carboxylic acids is 2. The topological polar surface area (TPSA) is 96.0 Å². The molecular weight excluding hydrogens is 430 g/mol. The lowest BCUT2D eigenvalue weighted by atomic mass is 10.0. The molecule has 1 N–H and O–H groups in total. The number of rotatable bonds is 8. The second-order valence-corrected chi connectivity index (χ2v) is 11.1. The summed E-state index contributed by atoms with van der Waals surface area (Å²) < 4.78 is 33.1. The molecule has 0 bridgehead atoms. The van der Waals surface area contributed by atoms with Crippen molar-refractivity contribution in [3.05, 3.63) is 23.8 Å². The summed E-state index contributed by atoms with van der Waals surface area (Å²) in [6, 6.07) is 4.68. The van der Waals surface area contributed by atoms with Crippen LogP contribution in [0.15, 0.2) is 23.1 Å². The van der Waals surface area contributed by atoms with Gasteiger partial charge in [-0.25, -0.2) is 13.2 Å². The number of hydrogen-bond donors (Lipinski definition) is 1. The van der Waals surface area contributed by atoms with Gasteiger partial charge >= 0.3 is 5.97 Å². The lowest BCUT2D eigenvalue weighted by Gasteiger charge is -2.27. The van der Waals surface area contributed by atoms with Gasteiger partial charge in [-0.2, -0.15) is 4.31 Å². The summed E-state index contributed by atoms with van der Waals surface area (Å²) in [7, 11) is -3.69. The number of nitrogens with zero attached hydrogens (tertiary/aromatic N) is 2. The van der Waals surface area contributed by atoms with Crippen LogP contribution >= 0.6 is 0 Å². The van der Waals surface area contributed by atoms with E-state index in [4.69, 9.17) is 4.74 Å². The molecule has 0 aliphatic carbocycles. The molecule has 2 heterocycles. The van der Waals surface area contributed by atoms with Gasteiger partial charge in [0.25, 0.3) is 5.91 Å². The Balaban J connectivity index is 1.83. The zero-order valence-corrected chi connectivity index (χ0v) is 20.2. The highest BCUT2D eigenvalue weighted by molar-refractivity contribution is 7.89. The first kappa shape index (κ1) is 24.5. The maximum Gasteiger partial charge on any atom is 0.340 e. The van der Waals surface area contributed by atoms with Gasteiger partial charge < -0.3 is 15.0 Å². The fraction of sp³-hybridized carbons (Fsp3) is 0.652. The van der Waals surface area contributed by atoms with Crippen molar-refractivity contribution in [2.75, 3.05) is 37.7 Å². The molecule has 0 aromatic heterocycles. The highest BCUT2D eigenvalue weighted by Gasteiger charge is 2.29. The lowest BCUT2D eigenvalue weighted by molar-refractivity contribution is -0.125. The first-order chi connectivity index (χ1) is 15.1. The molecule has 1 aromatic rings. The number of piperidine rings is 1. The van der Waals surface area contributed by atoms with Crippen molar-refractivity contribution in [1.29, 1.82) is 0 Å². The number of carbonyl (C=O) groups is 2. The van der Waals surface area contributed by atoms with Gasteiger partial charge in [0.05, 0.1) is 16.1 Å². The quantitative estimate of drug-likeness (QED) is 0.593. The van der Waals surface area contributed by atoms with E-state index < -0.39 is 28.1 Å². The van der Waals surface area contributed by atoms with Crippen molar-refractivity contribution >= 4 is 27.6 Å². The second-order valence-electron chi connectivity index (χ2n) is 9.20. The zero-order valence-electron chi connectivity index (χ0n) is 19.4. The van der Waals surface area contributed by atoms with Gasteiger partial charge in [0.2, 0.25) is 10.0 Å². The van der Waals surface area contributed by atoms with E-state index in [0.717, 1.165) is 51.6 Å². The van der Waals surface area contributed by atoms with Crippen LogP contribution in [0.2, 0.25) is 0 Å². The number of ether oxygens (including phenoxy) is 1. The van der Waals surface area contributed by atoms with Crippen molar-refractivity contribution in [3.63, 3.8) is 0 Å². The molecule has 2 saturated heterocycles. The number of benzene rings is 1. The Hall–Kier alpha value is -2.13. The molecule has 9 heteroatoms. The van der Waals surface area contributed by atoms with E-state index in [9.17, 15) is 18.0 Å². The van der Waals surface area contributed by atoms with E-state index in [-0.39, 0.29) is 16.4 Å². The lowest BCUT2D eigenvalue weighted by Crippen LogP contribution is -2.44. The Morgan fingerprint density at radius 1 is 1.03 bits per heavy atom. The van der Waals surface area contributed by atoms with Crippen LogP contribution in [-0.2, 0) is 19.6 Å². The van der Waals surface area contributed by atoms with Crippen LogP contribution < -0.4 is 10.2 Å². The molecule has 2 fully saturated rings. The summed E-state index contributed by atoms with van der Waals surface area (Å²) in [5.74, 6) is -1.07. The predicted molar refractivity (Wildman–Crippen MR) is 123 cm³/mol. The Kier molecular flexibility index (Phi) is 7.82. The molecule has 2 aliphatic rings. The largest absolute Gasteiger partial charge is 0.452 e. The fourth-order valence-electron chi connectivity index (χ4n) is 4.04. The molecule has 32 heavy (non-hydrogen) atoms. The average Bonchev–Trinajstić information content (AvgIpc) is 3.32. The van der Waals surface area contributed by atoms with E-state index in [2.05, 4.69) is 10.2 Å². The molecule has 1 amide bonds. The number of hydrogen-bond acceptors (Lipinski definition) is 6. The molecule has 0 saturated carbocycles. The first-order valence-corrected chi connectivity index (χ1v) is 13.0. The number of amides is 1. The number of nitrogens with one attached hydrogen (secondary N) is 1. The second kappa shape index (κ2) is 10.2. The van der Waals surface area contributed by atoms with Gasteiger partial charge in [0.1, 0.15) is 0 Å². The Bertz CT molecular complexity index is 933. The van der Waals surface area contributed by atoms with Crippen LogP contribution in [-0.4, -0.2) is 62.9 Å². The van der Waals surface area contributed by atoms with Crippen LogP contribution in [0.3, 0.4) is 0 Å². The minimum Gasteiger partial charge on any atom is -0.452 e. The maximum atomic E-state index is 13.1. The molecular formula is C23H35N3O5S. The van der Waals surface area contributed by atoms with Gasteiger partial charge in [0, 0.05) is 31.7 Å². The van der Waals surface area contributed by atoms with Crippen LogP contribution in [0, 0.1) is 0 Å². The van der Waals surface area contributed by atoms with Gasteiger partial charge in [-0.1, -0.05) is 13.3 Å². The fourth-order valence-corrected chi connectivity index (χ4v) is 5.58. The zero-order chi connectivity index (χ0) is 23.4. The maximum absolute atomic E-state index is 13.1. The molecule has 1 aromatic carbocycles. The molecule has 2 aliphatic heterocycles. The van der Waals surface area contributed by atoms with E-state index in [1.165, 1.54) is 10.4 Å². The van der Waals surface area contributed by atoms with Crippen molar-refractivity contribution in [1.82, 2.24) is 9.62 Å². The van der Waals surface area contributed by atoms with Crippen molar-refractivity contribution in [2.24, 2.45) is 0 Å². The molecule has 0 spiro atoms. The minimum atomic E-state index is -3.69. The van der Waals surface area contributed by atoms with Gasteiger partial charge in [-0.05, 0) is 64.2 Å². The third kappa shape index (κ3) is 5.81. The van der Waals surface area contributed by atoms with Crippen molar-refractivity contribution in [2.45, 2.75) is 69.7 Å². The minimum absolute atomic E-state index is 0.0888. The standard InChI is InChI=1S/C23H35N3O5S/c1-4-23(2,3)24-21(27)17-31-22(28)19-16-18(10-11-20(19)25-12-8-9-13-25)32(29,30)26-14-6-5-7-15-26/h10-11,16H,4-9,12-15,17H2,1-3H3,(H,24,27). The average molecular weight is 466 g/mol. The number of sulfonamides is 1. The SMILES string of the molecule is CCC(C)(C)NC(=O)COC(=O)c1cc(S(=O)(=O)N2CCCCC2)ccc1N1CCCC1. The number of anilines is 1. The Morgan fingerprint density at radius 2 is 1.66 bits per heavy atom. The Morgan fingerprint density at radius 3 is 2.28 bits per heavy atom. The summed E-state index contributed by atoms with van der Waals surface area (Å²) in [4.78, 5) is 27.4. The van der Waals surface area contributed by atoms with E-state index in [1.54, 1.807) is 12.1 Å². The third-order valence-corrected chi connectivity index (χ3v) is 8.18. The first-order valence-electron chi connectivity index (χ1n) is 11.5. The molecule has 178 valence electrons. The van der Waals surface area contributed by atoms with Crippen molar-refractivity contribution < 1.29 is 22.7 Å². The van der Waals surface area contributed by atoms with Crippen LogP contribution in [0.5, 0.6) is 0 Å². The normalized spacial score (nSPS) is 17.9. The smallest absolute Gasteiger partial charge is 0.340 e. The van der Waals surface area contributed by atoms with Gasteiger partial charge in [0.15, 0.2) is 6.61 Å². The highest BCUT2D eigenvalue weighted by atomic mass is 32.2. The number of esters is 1. The van der Waals surface area contributed by atoms with Crippen LogP contribution in [0.4, 0.5) is 5.69 Å². The summed E-state index contributed by atoms with van der Waals surface area (Å²) in [6.07, 6.45) is 5.46. The molecule has 8 nitrogen and oxygen atoms in total. The molecule has 0 atom stereocenters. The van der Waals surface area contributed by atoms with Crippen molar-refractivity contribution in [3.8, 4) is 0 Å². The highest BCUT2D eigenvalue weighted by Crippen LogP contribution is 2.30. The summed E-state index contributed by atoms with van der Waals surface area (Å²) in [5, 5.41) is 2.83. The molecule has 3 rings (SSSR count). The van der Waals surface area contributed by atoms with Crippen LogP contribution in [0.1, 0.15) is 69.7 Å². The summed E-state index contributed by atoms with van der Waals surface area (Å²) in [6.45, 7) is 7.91. The van der Waals surface area contributed by atoms with Gasteiger partial charge in [-0.15, -0.1) is 0 Å². The monoisotopic (exact) mass is 465 g/mol. The summed E-state index contributed by atoms with van der Waals surface area (Å²) >= 11 is 0. The predicted octanol–water partition coefficient (Wildman–Crippen LogP) is 2.92. The van der Waals surface area contributed by atoms with Gasteiger partial charge in [-0.3, -0.25) is 4.79 Å². The van der Waals surface area contributed by atoms with E-state index >= 15 is 0 Å². The molecule has 0 unspecified atom stereocenters. The van der Waals surface area contributed by atoms with E-state index in [0.29, 0.717) is 18.8 Å².